The zero-order chi connectivity index (χ0) is 17.4. The van der Waals surface area contributed by atoms with Crippen LogP contribution in [-0.4, -0.2) is 47.3 Å². The second-order valence-electron chi connectivity index (χ2n) is 4.75. The highest BCUT2D eigenvalue weighted by atomic mass is 32.2. The molecule has 0 saturated carbocycles. The Hall–Kier alpha value is -0.610. The van der Waals surface area contributed by atoms with Gasteiger partial charge in [0.1, 0.15) is 17.3 Å². The van der Waals surface area contributed by atoms with Gasteiger partial charge < -0.3 is 4.55 Å². The van der Waals surface area contributed by atoms with E-state index in [4.69, 9.17) is 13.0 Å². The van der Waals surface area contributed by atoms with E-state index in [9.17, 15) is 22.8 Å². The number of halogens is 3. The minimum Gasteiger partial charge on any atom is -0.741 e. The third-order valence-corrected chi connectivity index (χ3v) is 5.66. The van der Waals surface area contributed by atoms with Crippen LogP contribution in [0.15, 0.2) is 0 Å². The number of Topliss-reactive ketones (excluding diaryl/α,β-unsaturated/α-hetero) is 2. The Kier molecular flexibility index (Phi) is 9.25. The van der Waals surface area contributed by atoms with Crippen LogP contribution in [0.25, 0.3) is 0 Å². The van der Waals surface area contributed by atoms with Gasteiger partial charge in [-0.15, -0.1) is 0 Å². The summed E-state index contributed by atoms with van der Waals surface area (Å²) in [5.41, 5.74) is -5.65. The first-order valence-electron chi connectivity index (χ1n) is 6.67. The van der Waals surface area contributed by atoms with Crippen LogP contribution in [0.2, 0.25) is 0 Å². The zero-order valence-electron chi connectivity index (χ0n) is 12.1. The van der Waals surface area contributed by atoms with Crippen LogP contribution in [-0.2, 0) is 30.6 Å². The predicted molar refractivity (Wildman–Crippen MR) is 76.5 cm³/mol. The summed E-state index contributed by atoms with van der Waals surface area (Å²) in [6.45, 7) is 2.11. The molecule has 1 fully saturated rings. The maximum absolute atomic E-state index is 11.5. The fourth-order valence-electron chi connectivity index (χ4n) is 1.56. The highest BCUT2D eigenvalue weighted by Gasteiger charge is 2.36. The highest BCUT2D eigenvalue weighted by Crippen LogP contribution is 2.20. The molecular weight excluding hydrogens is 345 g/mol. The van der Waals surface area contributed by atoms with E-state index >= 15 is 0 Å². The van der Waals surface area contributed by atoms with Gasteiger partial charge in [0, 0.05) is 6.42 Å². The van der Waals surface area contributed by atoms with Crippen molar-refractivity contribution in [1.29, 1.82) is 0 Å². The molecule has 10 heteroatoms. The molecule has 0 aliphatic carbocycles. The quantitative estimate of drug-likeness (QED) is 0.421. The Labute approximate surface area is 130 Å². The molecule has 0 aromatic heterocycles. The van der Waals surface area contributed by atoms with Crippen LogP contribution in [0.1, 0.15) is 39.0 Å². The van der Waals surface area contributed by atoms with Crippen molar-refractivity contribution in [1.82, 2.24) is 0 Å². The molecular formula is C12H19F3O5S2. The van der Waals surface area contributed by atoms with Gasteiger partial charge in [0.15, 0.2) is 21.7 Å². The lowest BCUT2D eigenvalue weighted by Gasteiger charge is -2.12. The Balaban J connectivity index is 0.000000472. The molecule has 0 radical (unpaired) electrons. The van der Waals surface area contributed by atoms with Crippen LogP contribution in [0.5, 0.6) is 0 Å². The van der Waals surface area contributed by atoms with E-state index in [-0.39, 0.29) is 10.9 Å². The van der Waals surface area contributed by atoms with Gasteiger partial charge in [-0.05, 0) is 17.3 Å². The summed E-state index contributed by atoms with van der Waals surface area (Å²) in [6.07, 6.45) is 4.29. The number of carbonyl (C=O) groups excluding carboxylic acids is 2. The summed E-state index contributed by atoms with van der Waals surface area (Å²) in [5, 5.41) is 0. The summed E-state index contributed by atoms with van der Waals surface area (Å²) in [4.78, 5) is 22.5. The maximum atomic E-state index is 11.5. The van der Waals surface area contributed by atoms with Gasteiger partial charge in [0.05, 0.1) is 12.8 Å². The number of ketones is 2. The molecule has 0 amide bonds. The third-order valence-electron chi connectivity index (χ3n) is 2.80. The zero-order valence-corrected chi connectivity index (χ0v) is 13.8. The Morgan fingerprint density at radius 3 is 2.09 bits per heavy atom. The Morgan fingerprint density at radius 1 is 1.27 bits per heavy atom. The van der Waals surface area contributed by atoms with Crippen molar-refractivity contribution in [2.75, 3.05) is 17.3 Å². The summed E-state index contributed by atoms with van der Waals surface area (Å²) in [6, 6.07) is 0. The number of unbranched alkanes of at least 4 members (excludes halogenated alkanes) is 1. The van der Waals surface area contributed by atoms with E-state index in [0.29, 0.717) is 24.4 Å². The van der Waals surface area contributed by atoms with Crippen LogP contribution in [0.3, 0.4) is 0 Å². The Bertz CT molecular complexity index is 464. The number of hydrogen-bond donors (Lipinski definition) is 0. The van der Waals surface area contributed by atoms with Gasteiger partial charge in [-0.25, -0.2) is 8.42 Å². The first kappa shape index (κ1) is 21.4. The average molecular weight is 364 g/mol. The van der Waals surface area contributed by atoms with Crippen molar-refractivity contribution in [2.24, 2.45) is 0 Å². The molecule has 1 aliphatic rings. The standard InChI is InChI=1S/C11H19O2S.CHF3O3S/c1-2-3-4-11(13)9-14-7-5-10(12)6-8-14;2-1(3,4)8(5,6)7/h2-9H2,1H3;(H,5,6,7)/q+1;/p-1. The van der Waals surface area contributed by atoms with E-state index in [1.807, 2.05) is 0 Å². The smallest absolute Gasteiger partial charge is 0.485 e. The van der Waals surface area contributed by atoms with Gasteiger partial charge in [-0.1, -0.05) is 13.3 Å². The van der Waals surface area contributed by atoms with E-state index in [2.05, 4.69) is 6.92 Å². The van der Waals surface area contributed by atoms with Gasteiger partial charge in [-0.2, -0.15) is 13.2 Å². The van der Waals surface area contributed by atoms with E-state index < -0.39 is 15.6 Å². The summed E-state index contributed by atoms with van der Waals surface area (Å²) < 4.78 is 58.9. The van der Waals surface area contributed by atoms with Gasteiger partial charge in [0.2, 0.25) is 0 Å². The molecule has 0 bridgehead atoms. The largest absolute Gasteiger partial charge is 0.741 e. The number of carbonyl (C=O) groups is 2. The summed E-state index contributed by atoms with van der Waals surface area (Å²) in [5.74, 6) is 3.47. The molecule has 5 nitrogen and oxygen atoms in total. The van der Waals surface area contributed by atoms with Crippen molar-refractivity contribution in [2.45, 2.75) is 44.5 Å². The molecule has 22 heavy (non-hydrogen) atoms. The number of rotatable bonds is 5. The maximum Gasteiger partial charge on any atom is 0.485 e. The fraction of sp³-hybridized carbons (Fsp3) is 0.833. The summed E-state index contributed by atoms with van der Waals surface area (Å²) in [7, 11) is -5.86. The molecule has 0 unspecified atom stereocenters. The minimum atomic E-state index is -6.09. The number of hydrogen-bond acceptors (Lipinski definition) is 5. The minimum absolute atomic E-state index is 0.231. The molecule has 0 N–H and O–H groups in total. The molecule has 0 aromatic rings. The second kappa shape index (κ2) is 9.51. The van der Waals surface area contributed by atoms with E-state index in [1.54, 1.807) is 0 Å². The normalized spacial score (nSPS) is 16.9. The first-order chi connectivity index (χ1) is 9.97. The second-order valence-corrected chi connectivity index (χ2v) is 8.45. The molecule has 0 spiro atoms. The topological polar surface area (TPSA) is 91.3 Å². The SMILES string of the molecule is CCCCC(=O)C[S+]1CCC(=O)CC1.O=S(=O)([O-])C(F)(F)F. The molecule has 1 saturated heterocycles. The van der Waals surface area contributed by atoms with Crippen molar-refractivity contribution < 1.29 is 35.7 Å². The molecule has 0 aromatic carbocycles. The van der Waals surface area contributed by atoms with Crippen LogP contribution < -0.4 is 0 Å². The van der Waals surface area contributed by atoms with Crippen LogP contribution in [0.4, 0.5) is 13.2 Å². The lowest BCUT2D eigenvalue weighted by Crippen LogP contribution is -2.29. The van der Waals surface area contributed by atoms with Gasteiger partial charge in [-0.3, -0.25) is 9.59 Å². The third kappa shape index (κ3) is 9.42. The van der Waals surface area contributed by atoms with Gasteiger partial charge in [0.25, 0.3) is 0 Å². The van der Waals surface area contributed by atoms with Crippen LogP contribution >= 0.6 is 0 Å². The molecule has 1 heterocycles. The van der Waals surface area contributed by atoms with Crippen molar-refractivity contribution >= 4 is 32.6 Å². The van der Waals surface area contributed by atoms with Crippen LogP contribution in [0, 0.1) is 0 Å². The van der Waals surface area contributed by atoms with E-state index in [1.165, 1.54) is 0 Å². The number of alkyl halides is 3. The molecule has 130 valence electrons. The van der Waals surface area contributed by atoms with Crippen molar-refractivity contribution in [3.8, 4) is 0 Å². The monoisotopic (exact) mass is 364 g/mol. The van der Waals surface area contributed by atoms with Gasteiger partial charge >= 0.3 is 5.51 Å². The first-order valence-corrected chi connectivity index (χ1v) is 9.81. The predicted octanol–water partition coefficient (Wildman–Crippen LogP) is 1.78. The lowest BCUT2D eigenvalue weighted by molar-refractivity contribution is -0.119. The van der Waals surface area contributed by atoms with Crippen molar-refractivity contribution in [3.05, 3.63) is 0 Å². The molecule has 1 rings (SSSR count). The van der Waals surface area contributed by atoms with E-state index in [0.717, 1.165) is 36.5 Å². The lowest BCUT2D eigenvalue weighted by atomic mass is 10.2. The fourth-order valence-corrected chi connectivity index (χ4v) is 3.69. The molecule has 1 aliphatic heterocycles. The summed E-state index contributed by atoms with van der Waals surface area (Å²) >= 11 is 0. The highest BCUT2D eigenvalue weighted by molar-refractivity contribution is 7.97. The van der Waals surface area contributed by atoms with Crippen molar-refractivity contribution in [3.63, 3.8) is 0 Å². The molecule has 0 atom stereocenters. The Morgan fingerprint density at radius 2 is 1.73 bits per heavy atom. The average Bonchev–Trinajstić information content (AvgIpc) is 2.37.